The molecule has 0 atom stereocenters. The van der Waals surface area contributed by atoms with Gasteiger partial charge in [0, 0.05) is 39.0 Å². The number of piperazine rings is 1. The predicted molar refractivity (Wildman–Crippen MR) is 93.9 cm³/mol. The molecule has 0 saturated carbocycles. The number of hydrogen-bond acceptors (Lipinski definition) is 5. The van der Waals surface area contributed by atoms with E-state index in [-0.39, 0.29) is 37.1 Å². The quantitative estimate of drug-likeness (QED) is 0.800. The zero-order valence-corrected chi connectivity index (χ0v) is 14.5. The Hall–Kier alpha value is -2.74. The third kappa shape index (κ3) is 3.32. The summed E-state index contributed by atoms with van der Waals surface area (Å²) in [7, 11) is 0. The Morgan fingerprint density at radius 1 is 1.04 bits per heavy atom. The summed E-state index contributed by atoms with van der Waals surface area (Å²) < 4.78 is 0. The Bertz CT molecular complexity index is 804. The van der Waals surface area contributed by atoms with Gasteiger partial charge < -0.3 is 9.88 Å². The molecular weight excluding hydrogens is 334 g/mol. The van der Waals surface area contributed by atoms with E-state index in [1.54, 1.807) is 4.90 Å². The van der Waals surface area contributed by atoms with Gasteiger partial charge in [-0.15, -0.1) is 0 Å². The van der Waals surface area contributed by atoms with Crippen LogP contribution in [0.25, 0.3) is 11.0 Å². The summed E-state index contributed by atoms with van der Waals surface area (Å²) in [6, 6.07) is 7.92. The Morgan fingerprint density at radius 3 is 2.42 bits per heavy atom. The van der Waals surface area contributed by atoms with E-state index in [0.717, 1.165) is 34.8 Å². The molecule has 0 bridgehead atoms. The number of nitrogens with one attached hydrogen (secondary N) is 1. The molecule has 1 N–H and O–H groups in total. The highest BCUT2D eigenvalue weighted by Gasteiger charge is 2.32. The van der Waals surface area contributed by atoms with Gasteiger partial charge in [0.1, 0.15) is 12.4 Å². The minimum absolute atomic E-state index is 0.124. The van der Waals surface area contributed by atoms with Crippen LogP contribution in [0.2, 0.25) is 0 Å². The first kappa shape index (κ1) is 16.7. The number of aromatic nitrogens is 2. The van der Waals surface area contributed by atoms with Crippen LogP contribution >= 0.6 is 0 Å². The molecule has 8 nitrogen and oxygen atoms in total. The van der Waals surface area contributed by atoms with Crippen LogP contribution in [0.15, 0.2) is 24.3 Å². The van der Waals surface area contributed by atoms with Crippen LogP contribution in [0.5, 0.6) is 0 Å². The average Bonchev–Trinajstić information content (AvgIpc) is 3.19. The van der Waals surface area contributed by atoms with Crippen molar-refractivity contribution in [3.05, 3.63) is 30.1 Å². The molecule has 4 rings (SSSR count). The molecule has 26 heavy (non-hydrogen) atoms. The molecule has 136 valence electrons. The summed E-state index contributed by atoms with van der Waals surface area (Å²) in [6.45, 7) is 3.25. The van der Waals surface area contributed by atoms with Crippen molar-refractivity contribution in [2.75, 3.05) is 32.7 Å². The number of H-pyrrole nitrogens is 1. The zero-order valence-electron chi connectivity index (χ0n) is 14.5. The van der Waals surface area contributed by atoms with Crippen LogP contribution in [0.4, 0.5) is 0 Å². The minimum atomic E-state index is -0.244. The van der Waals surface area contributed by atoms with Gasteiger partial charge in [-0.3, -0.25) is 24.2 Å². The van der Waals surface area contributed by atoms with E-state index in [4.69, 9.17) is 0 Å². The number of aromatic amines is 1. The molecule has 2 aromatic rings. The Kier molecular flexibility index (Phi) is 4.42. The molecule has 0 unspecified atom stereocenters. The number of nitrogens with zero attached hydrogens (tertiary/aromatic N) is 4. The number of benzene rings is 1. The lowest BCUT2D eigenvalue weighted by atomic mass is 10.3. The van der Waals surface area contributed by atoms with Crippen molar-refractivity contribution >= 4 is 28.8 Å². The third-order valence-electron chi connectivity index (χ3n) is 4.99. The topological polar surface area (TPSA) is 89.6 Å². The standard InChI is InChI=1S/C18H21N5O3/c24-16-5-6-17(25)23(16)12-18(26)22-9-7-21(8-10-22)11-15-19-13-3-1-2-4-14(13)20-15/h1-4H,5-12H2,(H,19,20). The second-order valence-electron chi connectivity index (χ2n) is 6.73. The van der Waals surface area contributed by atoms with Gasteiger partial charge in [0.05, 0.1) is 17.6 Å². The predicted octanol–water partition coefficient (Wildman–Crippen LogP) is 0.356. The molecule has 0 aliphatic carbocycles. The second-order valence-corrected chi connectivity index (χ2v) is 6.73. The molecule has 3 heterocycles. The summed E-state index contributed by atoms with van der Waals surface area (Å²) in [4.78, 5) is 48.6. The smallest absolute Gasteiger partial charge is 0.242 e. The third-order valence-corrected chi connectivity index (χ3v) is 4.99. The van der Waals surface area contributed by atoms with E-state index in [9.17, 15) is 14.4 Å². The van der Waals surface area contributed by atoms with Crippen molar-refractivity contribution in [2.45, 2.75) is 19.4 Å². The average molecular weight is 355 g/mol. The molecule has 3 amide bonds. The van der Waals surface area contributed by atoms with Crippen LogP contribution in [0, 0.1) is 0 Å². The molecule has 2 aliphatic heterocycles. The molecule has 0 spiro atoms. The molecule has 2 saturated heterocycles. The maximum Gasteiger partial charge on any atom is 0.242 e. The highest BCUT2D eigenvalue weighted by atomic mass is 16.2. The summed E-state index contributed by atoms with van der Waals surface area (Å²) >= 11 is 0. The second kappa shape index (κ2) is 6.87. The van der Waals surface area contributed by atoms with Gasteiger partial charge in [-0.1, -0.05) is 12.1 Å². The van der Waals surface area contributed by atoms with Gasteiger partial charge in [0.25, 0.3) is 0 Å². The number of likely N-dealkylation sites (tertiary alicyclic amines) is 1. The van der Waals surface area contributed by atoms with Crippen LogP contribution in [-0.2, 0) is 20.9 Å². The lowest BCUT2D eigenvalue weighted by molar-refractivity contribution is -0.146. The van der Waals surface area contributed by atoms with Gasteiger partial charge in [0.2, 0.25) is 17.7 Å². The van der Waals surface area contributed by atoms with Crippen LogP contribution in [0.3, 0.4) is 0 Å². The van der Waals surface area contributed by atoms with Crippen LogP contribution in [0.1, 0.15) is 18.7 Å². The first-order valence-electron chi connectivity index (χ1n) is 8.87. The lowest BCUT2D eigenvalue weighted by Crippen LogP contribution is -2.51. The fourth-order valence-corrected chi connectivity index (χ4v) is 3.48. The van der Waals surface area contributed by atoms with E-state index in [2.05, 4.69) is 14.9 Å². The van der Waals surface area contributed by atoms with Gasteiger partial charge in [-0.2, -0.15) is 0 Å². The van der Waals surface area contributed by atoms with Gasteiger partial charge in [-0.05, 0) is 12.1 Å². The maximum atomic E-state index is 12.4. The van der Waals surface area contributed by atoms with Crippen LogP contribution in [-0.4, -0.2) is 75.1 Å². The SMILES string of the molecule is O=C(CN1C(=O)CCC1=O)N1CCN(Cc2nc3ccccc3[nH]2)CC1. The molecule has 0 radical (unpaired) electrons. The zero-order chi connectivity index (χ0) is 18.1. The number of hydrogen-bond donors (Lipinski definition) is 1. The summed E-state index contributed by atoms with van der Waals surface area (Å²) in [5, 5.41) is 0. The van der Waals surface area contributed by atoms with Crippen molar-refractivity contribution in [3.63, 3.8) is 0 Å². The van der Waals surface area contributed by atoms with Crippen molar-refractivity contribution in [1.29, 1.82) is 0 Å². The Morgan fingerprint density at radius 2 is 1.73 bits per heavy atom. The van der Waals surface area contributed by atoms with E-state index in [0.29, 0.717) is 19.6 Å². The normalized spacial score (nSPS) is 18.9. The molecule has 1 aromatic heterocycles. The summed E-state index contributed by atoms with van der Waals surface area (Å²) in [5.41, 5.74) is 1.98. The highest BCUT2D eigenvalue weighted by molar-refractivity contribution is 6.04. The number of imidazole rings is 1. The van der Waals surface area contributed by atoms with Crippen molar-refractivity contribution < 1.29 is 14.4 Å². The highest BCUT2D eigenvalue weighted by Crippen LogP contribution is 2.14. The Balaban J connectivity index is 1.30. The lowest BCUT2D eigenvalue weighted by Gasteiger charge is -2.34. The van der Waals surface area contributed by atoms with E-state index < -0.39 is 0 Å². The fourth-order valence-electron chi connectivity index (χ4n) is 3.48. The summed E-state index contributed by atoms with van der Waals surface area (Å²) in [6.07, 6.45) is 0.439. The number of carbonyl (C=O) groups excluding carboxylic acids is 3. The van der Waals surface area contributed by atoms with Crippen molar-refractivity contribution in [2.24, 2.45) is 0 Å². The summed E-state index contributed by atoms with van der Waals surface area (Å²) in [5.74, 6) is 0.273. The first-order chi connectivity index (χ1) is 12.6. The van der Waals surface area contributed by atoms with E-state index >= 15 is 0 Å². The number of carbonyl (C=O) groups is 3. The minimum Gasteiger partial charge on any atom is -0.341 e. The fraction of sp³-hybridized carbons (Fsp3) is 0.444. The van der Waals surface area contributed by atoms with Gasteiger partial charge in [-0.25, -0.2) is 4.98 Å². The van der Waals surface area contributed by atoms with Gasteiger partial charge in [0.15, 0.2) is 0 Å². The molecular formula is C18H21N5O3. The monoisotopic (exact) mass is 355 g/mol. The first-order valence-corrected chi connectivity index (χ1v) is 8.87. The van der Waals surface area contributed by atoms with Crippen molar-refractivity contribution in [1.82, 2.24) is 24.7 Å². The van der Waals surface area contributed by atoms with Gasteiger partial charge >= 0.3 is 0 Å². The van der Waals surface area contributed by atoms with Crippen LogP contribution < -0.4 is 0 Å². The largest absolute Gasteiger partial charge is 0.341 e. The maximum absolute atomic E-state index is 12.4. The van der Waals surface area contributed by atoms with Crippen molar-refractivity contribution in [3.8, 4) is 0 Å². The molecule has 2 aliphatic rings. The number of imide groups is 1. The molecule has 2 fully saturated rings. The Labute approximate surface area is 150 Å². The number of rotatable bonds is 4. The number of fused-ring (bicyclic) bond motifs is 1. The van der Waals surface area contributed by atoms with E-state index in [1.165, 1.54) is 0 Å². The molecule has 1 aromatic carbocycles. The molecule has 8 heteroatoms. The number of amides is 3. The number of para-hydroxylation sites is 2. The van der Waals surface area contributed by atoms with E-state index in [1.807, 2.05) is 24.3 Å².